The quantitative estimate of drug-likeness (QED) is 0.289. The van der Waals surface area contributed by atoms with Crippen LogP contribution in [0.25, 0.3) is 0 Å². The second-order valence-corrected chi connectivity index (χ2v) is 3.12. The second kappa shape index (κ2) is 7.32. The van der Waals surface area contributed by atoms with Crippen molar-refractivity contribution >= 4 is 7.82 Å². The van der Waals surface area contributed by atoms with Crippen LogP contribution in [-0.2, 0) is 9.09 Å². The minimum atomic E-state index is -6.35. The molecule has 0 saturated carbocycles. The molecule has 0 saturated heterocycles. The summed E-state index contributed by atoms with van der Waals surface area (Å²) >= 11 is 0. The van der Waals surface area contributed by atoms with Gasteiger partial charge in [-0.05, 0) is 0 Å². The summed E-state index contributed by atoms with van der Waals surface area (Å²) in [5.74, 6) is 0. The van der Waals surface area contributed by atoms with E-state index < -0.39 is 26.3 Å². The van der Waals surface area contributed by atoms with E-state index in [-0.39, 0.29) is 59.1 Å². The van der Waals surface area contributed by atoms with Crippen LogP contribution >= 0.6 is 7.82 Å². The maximum absolute atomic E-state index is 11.5. The summed E-state index contributed by atoms with van der Waals surface area (Å²) in [4.78, 5) is 19.2. The molecule has 0 aliphatic heterocycles. The third-order valence-electron chi connectivity index (χ3n) is 0.829. The third-order valence-corrected chi connectivity index (χ3v) is 1.30. The average molecular weight is 292 g/mol. The van der Waals surface area contributed by atoms with Gasteiger partial charge in [0.15, 0.2) is 0 Å². The Hall–Kier alpha value is 1.69. The van der Waals surface area contributed by atoms with Gasteiger partial charge >= 0.3 is 71.5 Å². The van der Waals surface area contributed by atoms with Crippen molar-refractivity contribution in [2.75, 3.05) is 0 Å². The number of phosphoric acid groups is 1. The van der Waals surface area contributed by atoms with Gasteiger partial charge < -0.3 is 18.9 Å². The van der Waals surface area contributed by atoms with Crippen molar-refractivity contribution in [3.05, 3.63) is 0 Å². The first-order chi connectivity index (χ1) is 5.84. The summed E-state index contributed by atoms with van der Waals surface area (Å²) in [5.41, 5.74) is 0. The maximum Gasteiger partial charge on any atom is 1.00 e. The van der Waals surface area contributed by atoms with Gasteiger partial charge in [-0.1, -0.05) is 0 Å². The minimum absolute atomic E-state index is 0. The molecule has 0 aromatic heterocycles. The summed E-state index contributed by atoms with van der Waals surface area (Å²) in [5, 5.41) is 0. The van der Waals surface area contributed by atoms with E-state index in [0.717, 1.165) is 0 Å². The molecule has 0 rings (SSSR count). The number of alkyl halides is 6. The summed E-state index contributed by atoms with van der Waals surface area (Å²) in [6.45, 7) is 0. The van der Waals surface area contributed by atoms with Crippen molar-refractivity contribution in [1.29, 1.82) is 0 Å². The van der Waals surface area contributed by atoms with Gasteiger partial charge in [0.25, 0.3) is 6.10 Å². The normalized spacial score (nSPS) is 13.1. The predicted octanol–water partition coefficient (Wildman–Crippen LogP) is -5.67. The van der Waals surface area contributed by atoms with Crippen LogP contribution in [0.3, 0.4) is 0 Å². The Labute approximate surface area is 130 Å². The first-order valence-electron chi connectivity index (χ1n) is 2.68. The summed E-state index contributed by atoms with van der Waals surface area (Å²) in [6.07, 6.45) is -16.6. The van der Waals surface area contributed by atoms with E-state index in [1.807, 2.05) is 0 Å². The van der Waals surface area contributed by atoms with Gasteiger partial charge in [-0.2, -0.15) is 26.3 Å². The van der Waals surface area contributed by atoms with E-state index in [9.17, 15) is 40.7 Å². The maximum atomic E-state index is 11.5. The van der Waals surface area contributed by atoms with Crippen LogP contribution in [0.4, 0.5) is 26.3 Å². The molecule has 86 valence electrons. The first kappa shape index (κ1) is 22.8. The number of hydrogen-bond donors (Lipinski definition) is 0. The Kier molecular flexibility index (Phi) is 10.4. The summed E-state index contributed by atoms with van der Waals surface area (Å²) < 4.78 is 81.0. The van der Waals surface area contributed by atoms with Gasteiger partial charge in [0.1, 0.15) is 0 Å². The molecule has 16 heavy (non-hydrogen) atoms. The molecule has 0 aromatic rings. The molecule has 0 aliphatic rings. The minimum Gasteiger partial charge on any atom is -0.790 e. The largest absolute Gasteiger partial charge is 1.00 e. The van der Waals surface area contributed by atoms with Crippen LogP contribution < -0.4 is 68.9 Å². The topological polar surface area (TPSA) is 72.4 Å². The van der Waals surface area contributed by atoms with E-state index in [1.54, 1.807) is 0 Å². The second-order valence-electron chi connectivity index (χ2n) is 2.02. The molecular formula is C3HF6Na2O4P. The van der Waals surface area contributed by atoms with E-state index in [0.29, 0.717) is 0 Å². The average Bonchev–Trinajstić information content (AvgIpc) is 1.75. The smallest absolute Gasteiger partial charge is 0.790 e. The molecule has 0 spiro atoms. The Morgan fingerprint density at radius 3 is 1.25 bits per heavy atom. The Bertz CT molecular complexity index is 233. The molecule has 0 unspecified atom stereocenters. The molecule has 4 nitrogen and oxygen atoms in total. The molecule has 0 heterocycles. The zero-order valence-corrected chi connectivity index (χ0v) is 12.8. The predicted molar refractivity (Wildman–Crippen MR) is 24.6 cm³/mol. The Morgan fingerprint density at radius 1 is 0.938 bits per heavy atom. The van der Waals surface area contributed by atoms with Crippen molar-refractivity contribution in [2.24, 2.45) is 0 Å². The number of phosphoric ester groups is 1. The van der Waals surface area contributed by atoms with Crippen LogP contribution in [-0.4, -0.2) is 18.5 Å². The molecule has 0 amide bonds. The van der Waals surface area contributed by atoms with Crippen LogP contribution in [0.2, 0.25) is 0 Å². The van der Waals surface area contributed by atoms with E-state index in [1.165, 1.54) is 0 Å². The summed E-state index contributed by atoms with van der Waals surface area (Å²) in [7, 11) is -6.35. The van der Waals surface area contributed by atoms with Gasteiger partial charge in [-0.15, -0.1) is 0 Å². The molecule has 0 N–H and O–H groups in total. The molecule has 0 aliphatic carbocycles. The SMILES string of the molecule is O=P([O-])([O-])OC(C(F)(F)F)C(F)(F)F.[Na+].[Na+]. The molecule has 0 bridgehead atoms. The van der Waals surface area contributed by atoms with Crippen LogP contribution in [0, 0.1) is 0 Å². The van der Waals surface area contributed by atoms with Gasteiger partial charge in [-0.3, -0.25) is 0 Å². The molecule has 0 atom stereocenters. The molecule has 0 aromatic carbocycles. The van der Waals surface area contributed by atoms with Gasteiger partial charge in [0.05, 0.1) is 7.82 Å². The van der Waals surface area contributed by atoms with Crippen LogP contribution in [0.1, 0.15) is 0 Å². The standard InChI is InChI=1S/C3H3F6O4P.2Na/c4-2(5,6)1(3(7,8)9)13-14(10,11)12;;/h1H,(H2,10,11,12);;/q;2*+1/p-2. The van der Waals surface area contributed by atoms with Crippen LogP contribution in [0.15, 0.2) is 0 Å². The third kappa shape index (κ3) is 9.69. The molecule has 13 heteroatoms. The summed E-state index contributed by atoms with van der Waals surface area (Å²) in [6, 6.07) is 0. The number of halogens is 6. The van der Waals surface area contributed by atoms with Crippen molar-refractivity contribution < 1.29 is 104 Å². The zero-order chi connectivity index (χ0) is 11.8. The monoisotopic (exact) mass is 292 g/mol. The van der Waals surface area contributed by atoms with Gasteiger partial charge in [-0.25, -0.2) is 0 Å². The van der Waals surface area contributed by atoms with E-state index >= 15 is 0 Å². The molecule has 0 fully saturated rings. The molecular weight excluding hydrogens is 291 g/mol. The molecule has 0 radical (unpaired) electrons. The van der Waals surface area contributed by atoms with Crippen molar-refractivity contribution in [1.82, 2.24) is 0 Å². The number of hydrogen-bond acceptors (Lipinski definition) is 4. The van der Waals surface area contributed by atoms with E-state index in [2.05, 4.69) is 4.52 Å². The van der Waals surface area contributed by atoms with Crippen LogP contribution in [0.5, 0.6) is 0 Å². The number of rotatable bonds is 2. The Balaban J connectivity index is -0.000000845. The van der Waals surface area contributed by atoms with Gasteiger partial charge in [0, 0.05) is 0 Å². The zero-order valence-electron chi connectivity index (χ0n) is 7.93. The Morgan fingerprint density at radius 2 is 1.19 bits per heavy atom. The van der Waals surface area contributed by atoms with Crippen molar-refractivity contribution in [2.45, 2.75) is 18.5 Å². The van der Waals surface area contributed by atoms with Gasteiger partial charge in [0.2, 0.25) is 0 Å². The fourth-order valence-electron chi connectivity index (χ4n) is 0.434. The fraction of sp³-hybridized carbons (Fsp3) is 1.00. The van der Waals surface area contributed by atoms with E-state index in [4.69, 9.17) is 0 Å². The fourth-order valence-corrected chi connectivity index (χ4v) is 0.931. The first-order valence-corrected chi connectivity index (χ1v) is 4.14. The van der Waals surface area contributed by atoms with Crippen molar-refractivity contribution in [3.8, 4) is 0 Å². The van der Waals surface area contributed by atoms with Crippen molar-refractivity contribution in [3.63, 3.8) is 0 Å².